The summed E-state index contributed by atoms with van der Waals surface area (Å²) in [6.07, 6.45) is 4.15. The molecular formula is C24H25N7O4. The third kappa shape index (κ3) is 5.82. The molecule has 11 nitrogen and oxygen atoms in total. The standard InChI is InChI=1S/C24H25N7O4/c1-35-20(32)11-3-2-6-16-14-26-31-21(16)29-23(27-19-10-5-8-17(25)13-19)30-24(31)28-18-9-4-7-15(12-18)22(33)34/h4-5,7-10,12-14H,2-3,6,11,25H2,1H3,(H,33,34)(H2,27,28,29,30). The van der Waals surface area contributed by atoms with Gasteiger partial charge in [-0.05, 0) is 55.7 Å². The highest BCUT2D eigenvalue weighted by molar-refractivity contribution is 5.89. The van der Waals surface area contributed by atoms with E-state index in [1.165, 1.54) is 19.2 Å². The van der Waals surface area contributed by atoms with Gasteiger partial charge in [-0.15, -0.1) is 0 Å². The van der Waals surface area contributed by atoms with Gasteiger partial charge in [0, 0.05) is 29.0 Å². The summed E-state index contributed by atoms with van der Waals surface area (Å²) < 4.78 is 6.26. The number of anilines is 5. The predicted octanol–water partition coefficient (Wildman–Crippen LogP) is 3.78. The molecule has 4 aromatic rings. The molecule has 11 heteroatoms. The van der Waals surface area contributed by atoms with E-state index in [0.717, 1.165) is 12.0 Å². The lowest BCUT2D eigenvalue weighted by atomic mass is 10.1. The normalized spacial score (nSPS) is 10.8. The highest BCUT2D eigenvalue weighted by atomic mass is 16.5. The summed E-state index contributed by atoms with van der Waals surface area (Å²) in [7, 11) is 1.38. The molecule has 35 heavy (non-hydrogen) atoms. The number of nitrogen functional groups attached to an aromatic ring is 1. The molecule has 0 aliphatic carbocycles. The Kier molecular flexibility index (Phi) is 7.05. The molecule has 0 aliphatic rings. The van der Waals surface area contributed by atoms with E-state index < -0.39 is 5.97 Å². The number of carbonyl (C=O) groups excluding carboxylic acids is 1. The minimum absolute atomic E-state index is 0.144. The first-order chi connectivity index (χ1) is 16.9. The number of carboxylic acids is 1. The average Bonchev–Trinajstić information content (AvgIpc) is 3.25. The number of carbonyl (C=O) groups is 2. The fourth-order valence-electron chi connectivity index (χ4n) is 3.53. The lowest BCUT2D eigenvalue weighted by Gasteiger charge is -2.12. The van der Waals surface area contributed by atoms with Gasteiger partial charge >= 0.3 is 11.9 Å². The molecule has 0 saturated heterocycles. The summed E-state index contributed by atoms with van der Waals surface area (Å²) in [6, 6.07) is 13.6. The van der Waals surface area contributed by atoms with E-state index in [2.05, 4.69) is 25.7 Å². The fraction of sp³-hybridized carbons (Fsp3) is 0.208. The summed E-state index contributed by atoms with van der Waals surface area (Å²) in [4.78, 5) is 32.0. The summed E-state index contributed by atoms with van der Waals surface area (Å²) >= 11 is 0. The first-order valence-corrected chi connectivity index (χ1v) is 11.0. The third-order valence-electron chi connectivity index (χ3n) is 5.25. The van der Waals surface area contributed by atoms with Gasteiger partial charge in [0.15, 0.2) is 5.65 Å². The minimum Gasteiger partial charge on any atom is -0.478 e. The molecule has 0 fully saturated rings. The molecule has 0 spiro atoms. The SMILES string of the molecule is COC(=O)CCCCc1cnn2c(Nc3cccc(C(=O)O)c3)nc(Nc3cccc(N)c3)nc12. The quantitative estimate of drug-likeness (QED) is 0.151. The van der Waals surface area contributed by atoms with E-state index in [1.807, 2.05) is 12.1 Å². The van der Waals surface area contributed by atoms with Gasteiger partial charge < -0.3 is 26.2 Å². The molecule has 0 bridgehead atoms. The molecule has 0 saturated carbocycles. The van der Waals surface area contributed by atoms with Gasteiger partial charge in [0.25, 0.3) is 0 Å². The van der Waals surface area contributed by atoms with Crippen LogP contribution in [0.5, 0.6) is 0 Å². The molecule has 5 N–H and O–H groups in total. The Balaban J connectivity index is 1.66. The lowest BCUT2D eigenvalue weighted by molar-refractivity contribution is -0.140. The van der Waals surface area contributed by atoms with Crippen molar-refractivity contribution >= 4 is 46.5 Å². The highest BCUT2D eigenvalue weighted by Gasteiger charge is 2.15. The van der Waals surface area contributed by atoms with Crippen LogP contribution in [-0.2, 0) is 16.0 Å². The molecule has 180 valence electrons. The minimum atomic E-state index is -1.03. The third-order valence-corrected chi connectivity index (χ3v) is 5.25. The second-order valence-electron chi connectivity index (χ2n) is 7.82. The average molecular weight is 476 g/mol. The molecule has 0 unspecified atom stereocenters. The summed E-state index contributed by atoms with van der Waals surface area (Å²) in [5.74, 6) is -0.601. The summed E-state index contributed by atoms with van der Waals surface area (Å²) in [5, 5.41) is 20.1. The van der Waals surface area contributed by atoms with Crippen LogP contribution in [-0.4, -0.2) is 43.7 Å². The molecule has 0 aliphatic heterocycles. The number of aryl methyl sites for hydroxylation is 1. The monoisotopic (exact) mass is 475 g/mol. The Labute approximate surface area is 201 Å². The number of carboxylic acid groups (broad SMARTS) is 1. The van der Waals surface area contributed by atoms with Crippen molar-refractivity contribution in [1.29, 1.82) is 0 Å². The smallest absolute Gasteiger partial charge is 0.335 e. The number of nitrogens with zero attached hydrogens (tertiary/aromatic N) is 4. The number of nitrogens with one attached hydrogen (secondary N) is 2. The van der Waals surface area contributed by atoms with Gasteiger partial charge in [0.2, 0.25) is 11.9 Å². The van der Waals surface area contributed by atoms with E-state index in [9.17, 15) is 14.7 Å². The Morgan fingerprint density at radius 2 is 1.83 bits per heavy atom. The van der Waals surface area contributed by atoms with Crippen molar-refractivity contribution in [1.82, 2.24) is 19.6 Å². The number of rotatable bonds is 10. The van der Waals surface area contributed by atoms with Crippen LogP contribution in [0.2, 0.25) is 0 Å². The Morgan fingerprint density at radius 3 is 2.57 bits per heavy atom. The Bertz CT molecular complexity index is 1370. The number of aromatic nitrogens is 4. The second-order valence-corrected chi connectivity index (χ2v) is 7.82. The molecule has 2 aromatic carbocycles. The molecule has 0 radical (unpaired) electrons. The van der Waals surface area contributed by atoms with Crippen molar-refractivity contribution < 1.29 is 19.4 Å². The van der Waals surface area contributed by atoms with Gasteiger partial charge in [0.05, 0.1) is 18.9 Å². The number of methoxy groups -OCH3 is 1. The number of ether oxygens (including phenoxy) is 1. The van der Waals surface area contributed by atoms with Crippen molar-refractivity contribution in [3.63, 3.8) is 0 Å². The van der Waals surface area contributed by atoms with E-state index in [4.69, 9.17) is 10.5 Å². The Hall–Kier alpha value is -4.67. The molecular weight excluding hydrogens is 450 g/mol. The second kappa shape index (κ2) is 10.5. The largest absolute Gasteiger partial charge is 0.478 e. The fourth-order valence-corrected chi connectivity index (χ4v) is 3.53. The van der Waals surface area contributed by atoms with Crippen molar-refractivity contribution in [2.24, 2.45) is 0 Å². The van der Waals surface area contributed by atoms with Crippen LogP contribution < -0.4 is 16.4 Å². The molecule has 4 rings (SSSR count). The maximum atomic E-state index is 11.4. The van der Waals surface area contributed by atoms with Gasteiger partial charge in [-0.1, -0.05) is 12.1 Å². The van der Waals surface area contributed by atoms with Crippen molar-refractivity contribution in [2.45, 2.75) is 25.7 Å². The van der Waals surface area contributed by atoms with Crippen molar-refractivity contribution in [3.05, 3.63) is 65.9 Å². The number of esters is 1. The number of unbranched alkanes of at least 4 members (excludes halogenated alkanes) is 1. The number of aromatic carboxylic acids is 1. The van der Waals surface area contributed by atoms with Gasteiger partial charge in [0.1, 0.15) is 0 Å². The van der Waals surface area contributed by atoms with Crippen molar-refractivity contribution in [2.75, 3.05) is 23.5 Å². The molecule has 2 aromatic heterocycles. The van der Waals surface area contributed by atoms with Crippen LogP contribution in [0.1, 0.15) is 35.2 Å². The number of benzene rings is 2. The zero-order valence-corrected chi connectivity index (χ0v) is 19.1. The van der Waals surface area contributed by atoms with Crippen LogP contribution in [0.4, 0.5) is 29.0 Å². The predicted molar refractivity (Wildman–Crippen MR) is 131 cm³/mol. The topological polar surface area (TPSA) is 157 Å². The van der Waals surface area contributed by atoms with Crippen LogP contribution in [0.25, 0.3) is 5.65 Å². The zero-order valence-electron chi connectivity index (χ0n) is 19.1. The number of fused-ring (bicyclic) bond motifs is 1. The first kappa shape index (κ1) is 23.5. The molecule has 2 heterocycles. The van der Waals surface area contributed by atoms with Crippen LogP contribution in [0.3, 0.4) is 0 Å². The van der Waals surface area contributed by atoms with Gasteiger partial charge in [-0.2, -0.15) is 19.6 Å². The van der Waals surface area contributed by atoms with Crippen molar-refractivity contribution in [3.8, 4) is 0 Å². The van der Waals surface area contributed by atoms with E-state index in [0.29, 0.717) is 53.9 Å². The van der Waals surface area contributed by atoms with Crippen LogP contribution in [0, 0.1) is 0 Å². The molecule has 0 amide bonds. The van der Waals surface area contributed by atoms with Crippen LogP contribution in [0.15, 0.2) is 54.7 Å². The summed E-state index contributed by atoms with van der Waals surface area (Å²) in [6.45, 7) is 0. The highest BCUT2D eigenvalue weighted by Crippen LogP contribution is 2.23. The summed E-state index contributed by atoms with van der Waals surface area (Å²) in [5.41, 5.74) is 9.35. The zero-order chi connectivity index (χ0) is 24.8. The van der Waals surface area contributed by atoms with E-state index >= 15 is 0 Å². The first-order valence-electron chi connectivity index (χ1n) is 11.0. The van der Waals surface area contributed by atoms with E-state index in [1.54, 1.807) is 35.0 Å². The number of hydrogen-bond acceptors (Lipinski definition) is 9. The number of nitrogens with two attached hydrogens (primary N) is 1. The van der Waals surface area contributed by atoms with Gasteiger partial charge in [-0.3, -0.25) is 4.79 Å². The maximum Gasteiger partial charge on any atom is 0.335 e. The van der Waals surface area contributed by atoms with E-state index in [-0.39, 0.29) is 11.5 Å². The Morgan fingerprint density at radius 1 is 1.06 bits per heavy atom. The van der Waals surface area contributed by atoms with Crippen LogP contribution >= 0.6 is 0 Å². The lowest BCUT2D eigenvalue weighted by Crippen LogP contribution is -2.09. The van der Waals surface area contributed by atoms with Gasteiger partial charge in [-0.25, -0.2) is 4.79 Å². The number of hydrogen-bond donors (Lipinski definition) is 4. The maximum absolute atomic E-state index is 11.4. The molecule has 0 atom stereocenters.